The van der Waals surface area contributed by atoms with Gasteiger partial charge in [-0.05, 0) is 43.5 Å². The van der Waals surface area contributed by atoms with Crippen molar-refractivity contribution >= 4 is 22.7 Å². The maximum Gasteiger partial charge on any atom is 0.251 e. The van der Waals surface area contributed by atoms with Crippen molar-refractivity contribution in [3.63, 3.8) is 0 Å². The molecule has 1 aromatic heterocycles. The fourth-order valence-electron chi connectivity index (χ4n) is 2.81. The fourth-order valence-corrected chi connectivity index (χ4v) is 2.81. The Morgan fingerprint density at radius 1 is 1.28 bits per heavy atom. The predicted molar refractivity (Wildman–Crippen MR) is 96.9 cm³/mol. The minimum absolute atomic E-state index is 0.0697. The summed E-state index contributed by atoms with van der Waals surface area (Å²) in [5.41, 5.74) is 1.59. The van der Waals surface area contributed by atoms with E-state index in [2.05, 4.69) is 22.1 Å². The van der Waals surface area contributed by atoms with Crippen molar-refractivity contribution in [1.82, 2.24) is 15.2 Å². The molecule has 2 rings (SSSR count). The molecule has 25 heavy (non-hydrogen) atoms. The SMILES string of the molecule is CCn1ccc2cc(C(=O)NC(CC(C)C)C(=O)NCC#N)ccc21. The highest BCUT2D eigenvalue weighted by Gasteiger charge is 2.22. The van der Waals surface area contributed by atoms with Gasteiger partial charge in [0.25, 0.3) is 5.91 Å². The van der Waals surface area contributed by atoms with E-state index in [1.165, 1.54) is 0 Å². The minimum Gasteiger partial charge on any atom is -0.348 e. The van der Waals surface area contributed by atoms with Crippen LogP contribution in [0.3, 0.4) is 0 Å². The van der Waals surface area contributed by atoms with Crippen molar-refractivity contribution in [3.8, 4) is 6.07 Å². The van der Waals surface area contributed by atoms with Crippen LogP contribution in [0.1, 0.15) is 37.6 Å². The molecule has 0 saturated heterocycles. The largest absolute Gasteiger partial charge is 0.348 e. The molecule has 132 valence electrons. The molecule has 1 aromatic carbocycles. The Kier molecular flexibility index (Phi) is 6.18. The van der Waals surface area contributed by atoms with Gasteiger partial charge < -0.3 is 15.2 Å². The summed E-state index contributed by atoms with van der Waals surface area (Å²) in [6.07, 6.45) is 2.50. The summed E-state index contributed by atoms with van der Waals surface area (Å²) in [7, 11) is 0. The van der Waals surface area contributed by atoms with E-state index in [-0.39, 0.29) is 24.3 Å². The number of nitrogens with zero attached hydrogens (tertiary/aromatic N) is 2. The van der Waals surface area contributed by atoms with Crippen LogP contribution in [0.2, 0.25) is 0 Å². The number of amides is 2. The van der Waals surface area contributed by atoms with Gasteiger partial charge in [0.15, 0.2) is 0 Å². The summed E-state index contributed by atoms with van der Waals surface area (Å²) in [6.45, 7) is 6.83. The number of hydrogen-bond acceptors (Lipinski definition) is 3. The second kappa shape index (κ2) is 8.34. The Balaban J connectivity index is 2.16. The molecule has 0 aliphatic rings. The van der Waals surface area contributed by atoms with Crippen LogP contribution in [0.5, 0.6) is 0 Å². The highest BCUT2D eigenvalue weighted by atomic mass is 16.2. The van der Waals surface area contributed by atoms with Gasteiger partial charge in [-0.1, -0.05) is 13.8 Å². The summed E-state index contributed by atoms with van der Waals surface area (Å²) in [5.74, 6) is -0.384. The van der Waals surface area contributed by atoms with Crippen LogP contribution in [0.4, 0.5) is 0 Å². The van der Waals surface area contributed by atoms with Gasteiger partial charge in [-0.15, -0.1) is 0 Å². The first-order valence-electron chi connectivity index (χ1n) is 8.50. The number of carbonyl (C=O) groups excluding carboxylic acids is 2. The van der Waals surface area contributed by atoms with E-state index in [4.69, 9.17) is 5.26 Å². The second-order valence-electron chi connectivity index (χ2n) is 6.41. The second-order valence-corrected chi connectivity index (χ2v) is 6.41. The first kappa shape index (κ1) is 18.5. The molecule has 0 fully saturated rings. The van der Waals surface area contributed by atoms with Crippen molar-refractivity contribution in [2.75, 3.05) is 6.54 Å². The lowest BCUT2D eigenvalue weighted by atomic mass is 10.0. The smallest absolute Gasteiger partial charge is 0.251 e. The molecule has 2 aromatic rings. The molecule has 0 radical (unpaired) electrons. The van der Waals surface area contributed by atoms with Gasteiger partial charge in [0.05, 0.1) is 6.07 Å². The molecule has 2 N–H and O–H groups in total. The molecule has 0 aliphatic heterocycles. The molecule has 0 spiro atoms. The maximum absolute atomic E-state index is 12.6. The van der Waals surface area contributed by atoms with Crippen molar-refractivity contribution in [3.05, 3.63) is 36.0 Å². The monoisotopic (exact) mass is 340 g/mol. The zero-order chi connectivity index (χ0) is 18.4. The summed E-state index contributed by atoms with van der Waals surface area (Å²) in [6, 6.07) is 8.70. The third kappa shape index (κ3) is 4.60. The van der Waals surface area contributed by atoms with Crippen molar-refractivity contribution in [2.24, 2.45) is 5.92 Å². The number of nitrogens with one attached hydrogen (secondary N) is 2. The lowest BCUT2D eigenvalue weighted by Gasteiger charge is -2.19. The first-order valence-corrected chi connectivity index (χ1v) is 8.50. The molecular formula is C19H24N4O2. The number of carbonyl (C=O) groups is 2. The number of nitriles is 1. The molecule has 2 amide bonds. The quantitative estimate of drug-likeness (QED) is 0.759. The number of hydrogen-bond donors (Lipinski definition) is 2. The summed E-state index contributed by atoms with van der Waals surface area (Å²) in [5, 5.41) is 14.9. The zero-order valence-electron chi connectivity index (χ0n) is 14.9. The van der Waals surface area contributed by atoms with Gasteiger partial charge in [0.1, 0.15) is 12.6 Å². The van der Waals surface area contributed by atoms with E-state index < -0.39 is 6.04 Å². The van der Waals surface area contributed by atoms with Crippen LogP contribution >= 0.6 is 0 Å². The van der Waals surface area contributed by atoms with Gasteiger partial charge in [0.2, 0.25) is 5.91 Å². The fraction of sp³-hybridized carbons (Fsp3) is 0.421. The molecule has 6 nitrogen and oxygen atoms in total. The average Bonchev–Trinajstić information content (AvgIpc) is 3.00. The lowest BCUT2D eigenvalue weighted by molar-refractivity contribution is -0.123. The lowest BCUT2D eigenvalue weighted by Crippen LogP contribution is -2.47. The van der Waals surface area contributed by atoms with Crippen molar-refractivity contribution in [2.45, 2.75) is 39.8 Å². The van der Waals surface area contributed by atoms with E-state index in [0.29, 0.717) is 12.0 Å². The molecule has 0 saturated carbocycles. The Labute approximate surface area is 147 Å². The molecule has 0 aliphatic carbocycles. The van der Waals surface area contributed by atoms with Crippen LogP contribution in [0.25, 0.3) is 10.9 Å². The van der Waals surface area contributed by atoms with E-state index >= 15 is 0 Å². The van der Waals surface area contributed by atoms with Crippen LogP contribution in [0, 0.1) is 17.2 Å². The highest BCUT2D eigenvalue weighted by Crippen LogP contribution is 2.18. The van der Waals surface area contributed by atoms with E-state index in [0.717, 1.165) is 17.4 Å². The number of benzene rings is 1. The van der Waals surface area contributed by atoms with Gasteiger partial charge in [-0.25, -0.2) is 0 Å². The van der Waals surface area contributed by atoms with E-state index in [9.17, 15) is 9.59 Å². The van der Waals surface area contributed by atoms with Crippen LogP contribution in [0.15, 0.2) is 30.5 Å². The first-order chi connectivity index (χ1) is 12.0. The van der Waals surface area contributed by atoms with E-state index in [1.807, 2.05) is 44.3 Å². The normalized spacial score (nSPS) is 12.0. The number of fused-ring (bicyclic) bond motifs is 1. The molecule has 6 heteroatoms. The Morgan fingerprint density at radius 3 is 2.68 bits per heavy atom. The van der Waals surface area contributed by atoms with Crippen LogP contribution < -0.4 is 10.6 Å². The highest BCUT2D eigenvalue weighted by molar-refractivity contribution is 6.00. The zero-order valence-corrected chi connectivity index (χ0v) is 14.9. The van der Waals surface area contributed by atoms with Crippen molar-refractivity contribution < 1.29 is 9.59 Å². The van der Waals surface area contributed by atoms with Crippen LogP contribution in [-0.4, -0.2) is 29.0 Å². The summed E-state index contributed by atoms with van der Waals surface area (Å²) >= 11 is 0. The standard InChI is InChI=1S/C19H24N4O2/c1-4-23-10-7-14-12-15(5-6-17(14)23)18(24)22-16(11-13(2)3)19(25)21-9-8-20/h5-7,10,12-13,16H,4,9,11H2,1-3H3,(H,21,25)(H,22,24). The summed E-state index contributed by atoms with van der Waals surface area (Å²) < 4.78 is 2.11. The number of aromatic nitrogens is 1. The Morgan fingerprint density at radius 2 is 2.04 bits per heavy atom. The van der Waals surface area contributed by atoms with Crippen molar-refractivity contribution in [1.29, 1.82) is 5.26 Å². The molecule has 1 unspecified atom stereocenters. The number of aryl methyl sites for hydroxylation is 1. The van der Waals surface area contributed by atoms with Gasteiger partial charge in [-0.3, -0.25) is 9.59 Å². The molecular weight excluding hydrogens is 316 g/mol. The molecule has 1 atom stereocenters. The average molecular weight is 340 g/mol. The summed E-state index contributed by atoms with van der Waals surface area (Å²) in [4.78, 5) is 24.8. The van der Waals surface area contributed by atoms with Crippen LogP contribution in [-0.2, 0) is 11.3 Å². The van der Waals surface area contributed by atoms with Gasteiger partial charge >= 0.3 is 0 Å². The van der Waals surface area contributed by atoms with Gasteiger partial charge in [-0.2, -0.15) is 5.26 Å². The minimum atomic E-state index is -0.656. The Hall–Kier alpha value is -2.81. The predicted octanol–water partition coefficient (Wildman–Crippen LogP) is 2.45. The molecule has 0 bridgehead atoms. The third-order valence-corrected chi connectivity index (χ3v) is 4.04. The Bertz CT molecular complexity index is 801. The topological polar surface area (TPSA) is 86.9 Å². The third-order valence-electron chi connectivity index (χ3n) is 4.04. The van der Waals surface area contributed by atoms with Gasteiger partial charge in [0, 0.05) is 29.2 Å². The number of rotatable bonds is 7. The molecule has 1 heterocycles. The maximum atomic E-state index is 12.6. The van der Waals surface area contributed by atoms with E-state index in [1.54, 1.807) is 6.07 Å².